The molecule has 0 atom stereocenters. The average molecular weight is 416 g/mol. The zero-order valence-corrected chi connectivity index (χ0v) is 17.7. The maximum absolute atomic E-state index is 13.0. The fourth-order valence-corrected chi connectivity index (χ4v) is 4.95. The van der Waals surface area contributed by atoms with Crippen molar-refractivity contribution in [3.63, 3.8) is 0 Å². The summed E-state index contributed by atoms with van der Waals surface area (Å²) in [6.45, 7) is 4.20. The van der Waals surface area contributed by atoms with Crippen molar-refractivity contribution >= 4 is 50.7 Å². The molecule has 0 unspecified atom stereocenters. The Morgan fingerprint density at radius 2 is 1.79 bits per heavy atom. The lowest BCUT2D eigenvalue weighted by Gasteiger charge is -2.09. The van der Waals surface area contributed by atoms with Crippen LogP contribution in [0.5, 0.6) is 5.75 Å². The van der Waals surface area contributed by atoms with Gasteiger partial charge in [-0.2, -0.15) is 0 Å². The molecule has 1 N–H and O–H groups in total. The Labute approximate surface area is 172 Å². The Morgan fingerprint density at radius 1 is 1.07 bits per heavy atom. The molecule has 3 rings (SSSR count). The number of carbonyl (C=O) groups excluding carboxylic acids is 2. The van der Waals surface area contributed by atoms with Gasteiger partial charge in [-0.05, 0) is 42.5 Å². The fraction of sp³-hybridized carbons (Fsp3) is 0.238. The summed E-state index contributed by atoms with van der Waals surface area (Å²) in [5.41, 5.74) is 1.05. The number of rotatable bonds is 6. The molecule has 0 radical (unpaired) electrons. The SMILES string of the molecule is COC(=O)c1ccc(NC(=O)c2sc3ccc(OC)cc3c2SC(C)C)cc1. The molecule has 0 saturated heterocycles. The van der Waals surface area contributed by atoms with E-state index in [2.05, 4.69) is 19.2 Å². The number of hydrogen-bond acceptors (Lipinski definition) is 6. The molecule has 1 amide bonds. The lowest BCUT2D eigenvalue weighted by molar-refractivity contribution is 0.0600. The van der Waals surface area contributed by atoms with E-state index >= 15 is 0 Å². The van der Waals surface area contributed by atoms with Crippen molar-refractivity contribution in [1.82, 2.24) is 0 Å². The first-order valence-electron chi connectivity index (χ1n) is 8.70. The van der Waals surface area contributed by atoms with Crippen molar-refractivity contribution in [2.75, 3.05) is 19.5 Å². The molecule has 3 aromatic rings. The van der Waals surface area contributed by atoms with E-state index in [4.69, 9.17) is 9.47 Å². The quantitative estimate of drug-likeness (QED) is 0.428. The lowest BCUT2D eigenvalue weighted by Crippen LogP contribution is -2.11. The summed E-state index contributed by atoms with van der Waals surface area (Å²) in [4.78, 5) is 26.1. The fourth-order valence-electron chi connectivity index (χ4n) is 2.68. The van der Waals surface area contributed by atoms with Crippen LogP contribution in [0.4, 0.5) is 5.69 Å². The smallest absolute Gasteiger partial charge is 0.337 e. The summed E-state index contributed by atoms with van der Waals surface area (Å²) >= 11 is 3.12. The first-order valence-corrected chi connectivity index (χ1v) is 10.4. The number of nitrogens with one attached hydrogen (secondary N) is 1. The first-order chi connectivity index (χ1) is 13.4. The number of benzene rings is 2. The van der Waals surface area contributed by atoms with E-state index in [-0.39, 0.29) is 5.91 Å². The molecule has 28 heavy (non-hydrogen) atoms. The van der Waals surface area contributed by atoms with E-state index in [1.807, 2.05) is 18.2 Å². The van der Waals surface area contributed by atoms with Gasteiger partial charge >= 0.3 is 5.97 Å². The number of fused-ring (bicyclic) bond motifs is 1. The number of ether oxygens (including phenoxy) is 2. The zero-order valence-electron chi connectivity index (χ0n) is 16.1. The van der Waals surface area contributed by atoms with Crippen LogP contribution in [0.1, 0.15) is 33.9 Å². The maximum atomic E-state index is 13.0. The van der Waals surface area contributed by atoms with Crippen LogP contribution < -0.4 is 10.1 Å². The van der Waals surface area contributed by atoms with Crippen molar-refractivity contribution in [2.45, 2.75) is 24.0 Å². The van der Waals surface area contributed by atoms with E-state index in [0.29, 0.717) is 21.4 Å². The highest BCUT2D eigenvalue weighted by Gasteiger charge is 2.21. The number of hydrogen-bond donors (Lipinski definition) is 1. The molecule has 146 valence electrons. The normalized spacial score (nSPS) is 10.9. The molecular weight excluding hydrogens is 394 g/mol. The minimum atomic E-state index is -0.410. The second kappa shape index (κ2) is 8.67. The monoisotopic (exact) mass is 415 g/mol. The van der Waals surface area contributed by atoms with Gasteiger partial charge in [-0.25, -0.2) is 4.79 Å². The summed E-state index contributed by atoms with van der Waals surface area (Å²) < 4.78 is 11.1. The van der Waals surface area contributed by atoms with Gasteiger partial charge in [-0.1, -0.05) is 13.8 Å². The molecule has 0 spiro atoms. The van der Waals surface area contributed by atoms with Crippen LogP contribution >= 0.6 is 23.1 Å². The van der Waals surface area contributed by atoms with Crippen LogP contribution in [0.2, 0.25) is 0 Å². The summed E-state index contributed by atoms with van der Waals surface area (Å²) in [5.74, 6) is 0.183. The van der Waals surface area contributed by atoms with Gasteiger partial charge in [0, 0.05) is 25.9 Å². The summed E-state index contributed by atoms with van der Waals surface area (Å²) in [6.07, 6.45) is 0. The highest BCUT2D eigenvalue weighted by molar-refractivity contribution is 8.00. The molecule has 0 fully saturated rings. The van der Waals surface area contributed by atoms with Crippen LogP contribution in [0.3, 0.4) is 0 Å². The van der Waals surface area contributed by atoms with Crippen LogP contribution in [0.25, 0.3) is 10.1 Å². The van der Waals surface area contributed by atoms with Crippen molar-refractivity contribution in [3.05, 3.63) is 52.9 Å². The third kappa shape index (κ3) is 4.31. The van der Waals surface area contributed by atoms with Crippen LogP contribution in [0, 0.1) is 0 Å². The van der Waals surface area contributed by atoms with Gasteiger partial charge in [0.15, 0.2) is 0 Å². The molecular formula is C21H21NO4S2. The number of amides is 1. The molecule has 5 nitrogen and oxygen atoms in total. The minimum Gasteiger partial charge on any atom is -0.497 e. The van der Waals surface area contributed by atoms with Gasteiger partial charge in [0.2, 0.25) is 0 Å². The topological polar surface area (TPSA) is 64.6 Å². The number of thioether (sulfide) groups is 1. The van der Waals surface area contributed by atoms with E-state index < -0.39 is 5.97 Å². The van der Waals surface area contributed by atoms with Crippen LogP contribution in [-0.2, 0) is 4.74 Å². The summed E-state index contributed by atoms with van der Waals surface area (Å²) in [5, 5.41) is 4.27. The van der Waals surface area contributed by atoms with E-state index in [0.717, 1.165) is 20.7 Å². The third-order valence-electron chi connectivity index (χ3n) is 3.97. The molecule has 0 aliphatic carbocycles. The maximum Gasteiger partial charge on any atom is 0.337 e. The van der Waals surface area contributed by atoms with E-state index in [1.165, 1.54) is 18.4 Å². The molecule has 0 aliphatic heterocycles. The predicted octanol–water partition coefficient (Wildman–Crippen LogP) is 5.45. The van der Waals surface area contributed by atoms with Gasteiger partial charge in [0.05, 0.1) is 19.8 Å². The molecule has 1 heterocycles. The van der Waals surface area contributed by atoms with Crippen LogP contribution in [-0.4, -0.2) is 31.3 Å². The summed E-state index contributed by atoms with van der Waals surface area (Å²) in [6, 6.07) is 12.5. The Morgan fingerprint density at radius 3 is 2.39 bits per heavy atom. The highest BCUT2D eigenvalue weighted by atomic mass is 32.2. The lowest BCUT2D eigenvalue weighted by atomic mass is 10.2. The van der Waals surface area contributed by atoms with Gasteiger partial charge < -0.3 is 14.8 Å². The van der Waals surface area contributed by atoms with Gasteiger partial charge in [-0.3, -0.25) is 4.79 Å². The number of anilines is 1. The van der Waals surface area contributed by atoms with Gasteiger partial charge in [0.1, 0.15) is 10.6 Å². The van der Waals surface area contributed by atoms with Gasteiger partial charge in [0.25, 0.3) is 5.91 Å². The minimum absolute atomic E-state index is 0.172. The molecule has 0 aliphatic rings. The van der Waals surface area contributed by atoms with Crippen molar-refractivity contribution in [2.24, 2.45) is 0 Å². The van der Waals surface area contributed by atoms with E-state index in [1.54, 1.807) is 43.1 Å². The second-order valence-corrected chi connectivity index (χ2v) is 8.95. The summed E-state index contributed by atoms with van der Waals surface area (Å²) in [7, 11) is 2.97. The number of methoxy groups -OCH3 is 2. The van der Waals surface area contributed by atoms with Crippen molar-refractivity contribution in [3.8, 4) is 5.75 Å². The zero-order chi connectivity index (χ0) is 20.3. The average Bonchev–Trinajstić information content (AvgIpc) is 3.05. The van der Waals surface area contributed by atoms with E-state index in [9.17, 15) is 9.59 Å². The number of thiophene rings is 1. The molecule has 0 saturated carbocycles. The Kier molecular flexibility index (Phi) is 6.26. The molecule has 7 heteroatoms. The molecule has 1 aromatic heterocycles. The van der Waals surface area contributed by atoms with Crippen molar-refractivity contribution < 1.29 is 19.1 Å². The Bertz CT molecular complexity index is 1010. The molecule has 0 bridgehead atoms. The number of carbonyl (C=O) groups is 2. The Hall–Kier alpha value is -2.51. The predicted molar refractivity (Wildman–Crippen MR) is 115 cm³/mol. The van der Waals surface area contributed by atoms with Crippen LogP contribution in [0.15, 0.2) is 47.4 Å². The third-order valence-corrected chi connectivity index (χ3v) is 6.40. The number of esters is 1. The second-order valence-electron chi connectivity index (χ2n) is 6.31. The standard InChI is InChI=1S/C21H21NO4S2/c1-12(2)27-18-16-11-15(25-3)9-10-17(16)28-19(18)20(23)22-14-7-5-13(6-8-14)21(24)26-4/h5-12H,1-4H3,(H,22,23). The Balaban J connectivity index is 1.93. The highest BCUT2D eigenvalue weighted by Crippen LogP contribution is 2.41. The first kappa shape index (κ1) is 20.2. The molecule has 2 aromatic carbocycles. The van der Waals surface area contributed by atoms with Gasteiger partial charge in [-0.15, -0.1) is 23.1 Å². The largest absolute Gasteiger partial charge is 0.497 e. The van der Waals surface area contributed by atoms with Crippen molar-refractivity contribution in [1.29, 1.82) is 0 Å².